The number of hydrogen-bond acceptors (Lipinski definition) is 0. The molecule has 0 bridgehead atoms. The number of unbranched alkanes of at least 4 members (excludes halogenated alkanes) is 2. The Morgan fingerprint density at radius 2 is 2.11 bits per heavy atom. The van der Waals surface area contributed by atoms with Crippen LogP contribution in [-0.2, 0) is 0 Å². The lowest BCUT2D eigenvalue weighted by molar-refractivity contribution is 0.727. The molecule has 1 heteroatoms. The molecule has 0 amide bonds. The van der Waals surface area contributed by atoms with Crippen molar-refractivity contribution in [2.24, 2.45) is 0 Å². The Balaban J connectivity index is 3.07. The van der Waals surface area contributed by atoms with Gasteiger partial charge in [0.15, 0.2) is 0 Å². The van der Waals surface area contributed by atoms with E-state index in [0.29, 0.717) is 0 Å². The van der Waals surface area contributed by atoms with Crippen LogP contribution in [0.3, 0.4) is 0 Å². The van der Waals surface area contributed by atoms with Crippen LogP contribution in [0.2, 0.25) is 0 Å². The maximum Gasteiger partial charge on any atom is -0.0137 e. The first-order valence-corrected chi connectivity index (χ1v) is 4.69. The molecule has 0 N–H and O–H groups in total. The van der Waals surface area contributed by atoms with Crippen molar-refractivity contribution in [3.8, 4) is 0 Å². The SMILES string of the molecule is CC=C(I)CCCCC. The van der Waals surface area contributed by atoms with E-state index in [4.69, 9.17) is 0 Å². The molecule has 0 spiro atoms. The molecular weight excluding hydrogens is 223 g/mol. The number of rotatable bonds is 4. The van der Waals surface area contributed by atoms with Crippen molar-refractivity contribution in [2.45, 2.75) is 39.5 Å². The third kappa shape index (κ3) is 6.35. The van der Waals surface area contributed by atoms with E-state index < -0.39 is 0 Å². The third-order valence-corrected chi connectivity index (χ3v) is 2.49. The van der Waals surface area contributed by atoms with Crippen molar-refractivity contribution in [3.05, 3.63) is 9.66 Å². The molecule has 9 heavy (non-hydrogen) atoms. The van der Waals surface area contributed by atoms with Gasteiger partial charge in [-0.2, -0.15) is 0 Å². The van der Waals surface area contributed by atoms with E-state index in [9.17, 15) is 0 Å². The minimum absolute atomic E-state index is 1.28. The van der Waals surface area contributed by atoms with Gasteiger partial charge in [-0.1, -0.05) is 25.8 Å². The molecule has 0 radical (unpaired) electrons. The predicted molar refractivity (Wildman–Crippen MR) is 51.9 cm³/mol. The first kappa shape index (κ1) is 9.47. The van der Waals surface area contributed by atoms with Crippen molar-refractivity contribution in [1.82, 2.24) is 0 Å². The van der Waals surface area contributed by atoms with Gasteiger partial charge in [0.05, 0.1) is 0 Å². The van der Waals surface area contributed by atoms with Crippen LogP contribution in [0.15, 0.2) is 9.66 Å². The van der Waals surface area contributed by atoms with E-state index in [1.165, 1.54) is 29.3 Å². The van der Waals surface area contributed by atoms with Crippen LogP contribution in [0.4, 0.5) is 0 Å². The van der Waals surface area contributed by atoms with Crippen molar-refractivity contribution >= 4 is 22.6 Å². The molecular formula is C8H15I. The van der Waals surface area contributed by atoms with Gasteiger partial charge in [-0.15, -0.1) is 0 Å². The fraction of sp³-hybridized carbons (Fsp3) is 0.750. The van der Waals surface area contributed by atoms with Crippen LogP contribution < -0.4 is 0 Å². The highest BCUT2D eigenvalue weighted by Crippen LogP contribution is 2.14. The second kappa shape index (κ2) is 6.59. The zero-order valence-corrected chi connectivity index (χ0v) is 8.44. The topological polar surface area (TPSA) is 0 Å². The van der Waals surface area contributed by atoms with Gasteiger partial charge in [-0.05, 0) is 45.9 Å². The summed E-state index contributed by atoms with van der Waals surface area (Å²) in [6.45, 7) is 4.34. The fourth-order valence-corrected chi connectivity index (χ4v) is 1.07. The van der Waals surface area contributed by atoms with E-state index >= 15 is 0 Å². The number of allylic oxidation sites excluding steroid dienone is 2. The smallest absolute Gasteiger partial charge is 0.0137 e. The molecule has 0 aliphatic carbocycles. The Morgan fingerprint density at radius 3 is 2.56 bits per heavy atom. The summed E-state index contributed by atoms with van der Waals surface area (Å²) in [5.41, 5.74) is 0. The lowest BCUT2D eigenvalue weighted by Gasteiger charge is -1.95. The summed E-state index contributed by atoms with van der Waals surface area (Å²) in [6, 6.07) is 0. The molecule has 54 valence electrons. The molecule has 0 aliphatic heterocycles. The van der Waals surface area contributed by atoms with Crippen molar-refractivity contribution in [3.63, 3.8) is 0 Å². The van der Waals surface area contributed by atoms with Gasteiger partial charge in [-0.25, -0.2) is 0 Å². The lowest BCUT2D eigenvalue weighted by atomic mass is 10.2. The molecule has 0 aliphatic rings. The van der Waals surface area contributed by atoms with Gasteiger partial charge < -0.3 is 0 Å². The fourth-order valence-electron chi connectivity index (χ4n) is 0.688. The second-order valence-electron chi connectivity index (χ2n) is 2.19. The lowest BCUT2D eigenvalue weighted by Crippen LogP contribution is -1.73. The number of halogens is 1. The molecule has 0 fully saturated rings. The van der Waals surface area contributed by atoms with Crippen LogP contribution in [-0.4, -0.2) is 0 Å². The quantitative estimate of drug-likeness (QED) is 0.514. The zero-order chi connectivity index (χ0) is 7.11. The molecule has 0 unspecified atom stereocenters. The van der Waals surface area contributed by atoms with Crippen LogP contribution in [0.1, 0.15) is 39.5 Å². The zero-order valence-electron chi connectivity index (χ0n) is 6.28. The summed E-state index contributed by atoms with van der Waals surface area (Å²) in [7, 11) is 0. The van der Waals surface area contributed by atoms with Gasteiger partial charge in [0.2, 0.25) is 0 Å². The van der Waals surface area contributed by atoms with Gasteiger partial charge in [0.25, 0.3) is 0 Å². The Bertz CT molecular complexity index is 84.6. The highest BCUT2D eigenvalue weighted by atomic mass is 127. The van der Waals surface area contributed by atoms with Crippen molar-refractivity contribution in [1.29, 1.82) is 0 Å². The largest absolute Gasteiger partial charge is 0.0784 e. The van der Waals surface area contributed by atoms with Crippen LogP contribution >= 0.6 is 22.6 Å². The first-order chi connectivity index (χ1) is 4.31. The average Bonchev–Trinajstić information content (AvgIpc) is 1.89. The summed E-state index contributed by atoms with van der Waals surface area (Å²) in [4.78, 5) is 0. The first-order valence-electron chi connectivity index (χ1n) is 3.62. The second-order valence-corrected chi connectivity index (χ2v) is 3.58. The maximum absolute atomic E-state index is 2.41. The highest BCUT2D eigenvalue weighted by Gasteiger charge is 1.88. The Hall–Kier alpha value is 0.470. The van der Waals surface area contributed by atoms with Crippen LogP contribution in [0.25, 0.3) is 0 Å². The normalized spacial score (nSPS) is 12.1. The molecule has 0 atom stereocenters. The summed E-state index contributed by atoms with van der Waals surface area (Å²) >= 11 is 2.41. The molecule has 0 aromatic rings. The molecule has 0 saturated carbocycles. The summed E-state index contributed by atoms with van der Waals surface area (Å²) in [5, 5.41) is 0. The summed E-state index contributed by atoms with van der Waals surface area (Å²) in [6.07, 6.45) is 7.54. The molecule has 0 aromatic heterocycles. The Kier molecular flexibility index (Phi) is 6.93. The Morgan fingerprint density at radius 1 is 1.44 bits per heavy atom. The minimum atomic E-state index is 1.28. The van der Waals surface area contributed by atoms with Gasteiger partial charge in [0.1, 0.15) is 0 Å². The Labute approximate surface area is 71.9 Å². The van der Waals surface area contributed by atoms with Gasteiger partial charge >= 0.3 is 0 Å². The summed E-state index contributed by atoms with van der Waals surface area (Å²) in [5.74, 6) is 0. The van der Waals surface area contributed by atoms with Crippen LogP contribution in [0, 0.1) is 0 Å². The highest BCUT2D eigenvalue weighted by molar-refractivity contribution is 14.1. The molecule has 0 saturated heterocycles. The molecule has 0 nitrogen and oxygen atoms in total. The molecule has 0 heterocycles. The third-order valence-electron chi connectivity index (χ3n) is 1.33. The van der Waals surface area contributed by atoms with E-state index in [1.54, 1.807) is 0 Å². The van der Waals surface area contributed by atoms with Gasteiger partial charge in [-0.3, -0.25) is 0 Å². The average molecular weight is 238 g/mol. The molecule has 0 rings (SSSR count). The van der Waals surface area contributed by atoms with E-state index in [1.807, 2.05) is 0 Å². The van der Waals surface area contributed by atoms with E-state index in [-0.39, 0.29) is 0 Å². The minimum Gasteiger partial charge on any atom is -0.0784 e. The monoisotopic (exact) mass is 238 g/mol. The maximum atomic E-state index is 2.41. The standard InChI is InChI=1S/C8H15I/c1-3-5-6-7-8(9)4-2/h4H,3,5-7H2,1-2H3. The van der Waals surface area contributed by atoms with Crippen molar-refractivity contribution < 1.29 is 0 Å². The van der Waals surface area contributed by atoms with Crippen LogP contribution in [0.5, 0.6) is 0 Å². The summed E-state index contributed by atoms with van der Waals surface area (Å²) < 4.78 is 1.50. The van der Waals surface area contributed by atoms with Crippen molar-refractivity contribution in [2.75, 3.05) is 0 Å². The molecule has 0 aromatic carbocycles. The van der Waals surface area contributed by atoms with E-state index in [0.717, 1.165) is 0 Å². The van der Waals surface area contributed by atoms with E-state index in [2.05, 4.69) is 42.5 Å². The predicted octanol–water partition coefficient (Wildman–Crippen LogP) is 3.91. The van der Waals surface area contributed by atoms with Gasteiger partial charge in [0, 0.05) is 0 Å². The number of hydrogen-bond donors (Lipinski definition) is 0.